The number of nitrogens with one attached hydrogen (secondary N) is 1. The number of aliphatic carboxylic acids is 1. The maximum absolute atomic E-state index is 13.4. The Labute approximate surface area is 240 Å². The van der Waals surface area contributed by atoms with Gasteiger partial charge in [0, 0.05) is 37.3 Å². The van der Waals surface area contributed by atoms with E-state index in [0.29, 0.717) is 34.6 Å². The summed E-state index contributed by atoms with van der Waals surface area (Å²) in [7, 11) is 0. The molecule has 1 fully saturated rings. The number of benzene rings is 2. The molecular weight excluding hydrogens is 551 g/mol. The minimum Gasteiger partial charge on any atom is -0.475 e. The van der Waals surface area contributed by atoms with E-state index in [0.717, 1.165) is 43.6 Å². The molecule has 0 saturated carbocycles. The van der Waals surface area contributed by atoms with E-state index in [-0.39, 0.29) is 5.91 Å². The summed E-state index contributed by atoms with van der Waals surface area (Å²) in [6, 6.07) is 20.3. The Balaban J connectivity index is 0.000000517. The van der Waals surface area contributed by atoms with Crippen LogP contribution in [0.2, 0.25) is 0 Å². The van der Waals surface area contributed by atoms with Crippen LogP contribution >= 0.6 is 0 Å². The van der Waals surface area contributed by atoms with Gasteiger partial charge in [-0.3, -0.25) is 9.69 Å². The quantitative estimate of drug-likeness (QED) is 0.293. The number of carbonyl (C=O) groups is 2. The van der Waals surface area contributed by atoms with Crippen molar-refractivity contribution < 1.29 is 32.4 Å². The maximum Gasteiger partial charge on any atom is 0.490 e. The minimum atomic E-state index is -5.08. The van der Waals surface area contributed by atoms with Gasteiger partial charge in [-0.15, -0.1) is 0 Å². The molecule has 0 radical (unpaired) electrons. The third kappa shape index (κ3) is 7.71. The third-order valence-corrected chi connectivity index (χ3v) is 7.15. The number of amides is 1. The first-order valence-corrected chi connectivity index (χ1v) is 13.3. The van der Waals surface area contributed by atoms with Gasteiger partial charge in [-0.1, -0.05) is 65.3 Å². The number of alkyl halides is 3. The van der Waals surface area contributed by atoms with E-state index in [9.17, 15) is 18.0 Å². The number of carbonyl (C=O) groups excluding carboxylic acids is 1. The van der Waals surface area contributed by atoms with Crippen molar-refractivity contribution in [2.24, 2.45) is 5.73 Å². The maximum atomic E-state index is 13.4. The lowest BCUT2D eigenvalue weighted by atomic mass is 9.88. The van der Waals surface area contributed by atoms with Crippen molar-refractivity contribution in [3.05, 3.63) is 83.0 Å². The van der Waals surface area contributed by atoms with Crippen LogP contribution in [0.3, 0.4) is 0 Å². The van der Waals surface area contributed by atoms with E-state index in [2.05, 4.69) is 44.6 Å². The zero-order valence-electron chi connectivity index (χ0n) is 23.2. The lowest BCUT2D eigenvalue weighted by Crippen LogP contribution is -2.56. The normalized spacial score (nSPS) is 15.1. The molecular formula is C30H32F3N5O4. The average molecular weight is 584 g/mol. The van der Waals surface area contributed by atoms with Crippen molar-refractivity contribution in [2.75, 3.05) is 19.6 Å². The fraction of sp³-hybridized carbons (Fsp3) is 0.333. The first-order chi connectivity index (χ1) is 19.8. The standard InChI is InChI=1S/C28H31N5O2.C2HF3O2/c1-19-8-10-22(11-9-19)24-16-23(25-20(2)32-35-27(25)31-24)26(34)30-18-28(29)12-14-33(15-13-28)17-21-6-4-3-5-7-21;3-2(4,5)1(6)7/h3-11,16H,12-15,17-18,29H2,1-2H3,(H,30,34);(H,6,7). The van der Waals surface area contributed by atoms with Crippen LogP contribution in [0.15, 0.2) is 65.2 Å². The molecule has 5 rings (SSSR count). The molecule has 4 N–H and O–H groups in total. The van der Waals surface area contributed by atoms with Gasteiger partial charge in [0.15, 0.2) is 0 Å². The zero-order valence-corrected chi connectivity index (χ0v) is 23.2. The Bertz CT molecular complexity index is 1530. The van der Waals surface area contributed by atoms with Gasteiger partial charge in [-0.2, -0.15) is 13.2 Å². The second-order valence-corrected chi connectivity index (χ2v) is 10.5. The highest BCUT2D eigenvalue weighted by Crippen LogP contribution is 2.28. The van der Waals surface area contributed by atoms with Crippen LogP contribution < -0.4 is 11.1 Å². The fourth-order valence-corrected chi connectivity index (χ4v) is 4.67. The van der Waals surface area contributed by atoms with Crippen LogP contribution in [0.1, 0.15) is 40.0 Å². The molecule has 0 atom stereocenters. The van der Waals surface area contributed by atoms with Crippen LogP contribution in [0.4, 0.5) is 13.2 Å². The number of piperidine rings is 1. The largest absolute Gasteiger partial charge is 0.490 e. The van der Waals surface area contributed by atoms with Crippen molar-refractivity contribution in [3.63, 3.8) is 0 Å². The smallest absolute Gasteiger partial charge is 0.475 e. The van der Waals surface area contributed by atoms with Gasteiger partial charge in [-0.05, 0) is 38.3 Å². The Morgan fingerprint density at radius 3 is 2.29 bits per heavy atom. The number of hydrogen-bond acceptors (Lipinski definition) is 7. The number of rotatable bonds is 6. The number of hydrogen-bond donors (Lipinski definition) is 3. The highest BCUT2D eigenvalue weighted by Gasteiger charge is 2.38. The van der Waals surface area contributed by atoms with Gasteiger partial charge in [0.25, 0.3) is 11.6 Å². The predicted molar refractivity (Wildman–Crippen MR) is 151 cm³/mol. The second-order valence-electron chi connectivity index (χ2n) is 10.5. The summed E-state index contributed by atoms with van der Waals surface area (Å²) >= 11 is 0. The van der Waals surface area contributed by atoms with E-state index in [4.69, 9.17) is 20.2 Å². The molecule has 9 nitrogen and oxygen atoms in total. The number of fused-ring (bicyclic) bond motifs is 1. The van der Waals surface area contributed by atoms with Crippen molar-refractivity contribution >= 4 is 23.0 Å². The third-order valence-electron chi connectivity index (χ3n) is 7.15. The highest BCUT2D eigenvalue weighted by atomic mass is 19.4. The van der Waals surface area contributed by atoms with Gasteiger partial charge in [0.05, 0.1) is 22.3 Å². The molecule has 42 heavy (non-hydrogen) atoms. The molecule has 12 heteroatoms. The number of nitrogens with zero attached hydrogens (tertiary/aromatic N) is 3. The summed E-state index contributed by atoms with van der Waals surface area (Å²) in [5.41, 5.74) is 11.9. The van der Waals surface area contributed by atoms with E-state index in [1.165, 1.54) is 5.56 Å². The zero-order chi connectivity index (χ0) is 30.5. The second kappa shape index (κ2) is 12.7. The lowest BCUT2D eigenvalue weighted by molar-refractivity contribution is -0.192. The van der Waals surface area contributed by atoms with Gasteiger partial charge >= 0.3 is 12.1 Å². The fourth-order valence-electron chi connectivity index (χ4n) is 4.67. The summed E-state index contributed by atoms with van der Waals surface area (Å²) < 4.78 is 37.2. The number of pyridine rings is 1. The van der Waals surface area contributed by atoms with Crippen LogP contribution in [0.25, 0.3) is 22.4 Å². The first-order valence-electron chi connectivity index (χ1n) is 13.3. The van der Waals surface area contributed by atoms with E-state index in [1.807, 2.05) is 50.2 Å². The summed E-state index contributed by atoms with van der Waals surface area (Å²) in [5.74, 6) is -2.94. The number of carboxylic acid groups (broad SMARTS) is 1. The first kappa shape index (κ1) is 30.7. The SMILES string of the molecule is Cc1ccc(-c2cc(C(=O)NCC3(N)CCN(Cc4ccccc4)CC3)c3c(C)noc3n2)cc1.O=C(O)C(F)(F)F. The van der Waals surface area contributed by atoms with E-state index >= 15 is 0 Å². The molecule has 2 aromatic heterocycles. The number of likely N-dealkylation sites (tertiary alicyclic amines) is 1. The number of halogens is 3. The Morgan fingerprint density at radius 2 is 1.69 bits per heavy atom. The molecule has 1 saturated heterocycles. The predicted octanol–water partition coefficient (Wildman–Crippen LogP) is 4.86. The van der Waals surface area contributed by atoms with E-state index < -0.39 is 17.7 Å². The topological polar surface area (TPSA) is 135 Å². The molecule has 0 bridgehead atoms. The number of aromatic nitrogens is 2. The van der Waals surface area contributed by atoms with Gasteiger partial charge in [-0.25, -0.2) is 9.78 Å². The Kier molecular flexibility index (Phi) is 9.27. The summed E-state index contributed by atoms with van der Waals surface area (Å²) in [6.07, 6.45) is -3.43. The molecule has 4 aromatic rings. The molecule has 222 valence electrons. The molecule has 0 unspecified atom stereocenters. The Morgan fingerprint density at radius 1 is 1.07 bits per heavy atom. The van der Waals surface area contributed by atoms with Gasteiger partial charge in [0.2, 0.25) is 0 Å². The number of nitrogens with two attached hydrogens (primary N) is 1. The minimum absolute atomic E-state index is 0.186. The average Bonchev–Trinajstić information content (AvgIpc) is 3.34. The molecule has 3 heterocycles. The van der Waals surface area contributed by atoms with Crippen molar-refractivity contribution in [3.8, 4) is 11.3 Å². The van der Waals surface area contributed by atoms with Crippen molar-refractivity contribution in [2.45, 2.75) is 44.9 Å². The molecule has 1 aliphatic rings. The van der Waals surface area contributed by atoms with Gasteiger partial charge < -0.3 is 20.7 Å². The number of carboxylic acids is 1. The molecule has 0 aliphatic carbocycles. The Hall–Kier alpha value is -4.29. The molecule has 1 amide bonds. The molecule has 1 aliphatic heterocycles. The molecule has 2 aromatic carbocycles. The van der Waals surface area contributed by atoms with Crippen LogP contribution in [-0.4, -0.2) is 63.4 Å². The number of aryl methyl sites for hydroxylation is 2. The monoisotopic (exact) mass is 583 g/mol. The van der Waals surface area contributed by atoms with Crippen molar-refractivity contribution in [1.82, 2.24) is 20.4 Å². The highest BCUT2D eigenvalue weighted by molar-refractivity contribution is 6.07. The summed E-state index contributed by atoms with van der Waals surface area (Å²) in [6.45, 7) is 7.01. The lowest BCUT2D eigenvalue weighted by Gasteiger charge is -2.39. The van der Waals surface area contributed by atoms with Gasteiger partial charge in [0.1, 0.15) is 0 Å². The van der Waals surface area contributed by atoms with Crippen LogP contribution in [0, 0.1) is 13.8 Å². The summed E-state index contributed by atoms with van der Waals surface area (Å²) in [5, 5.41) is 14.9. The van der Waals surface area contributed by atoms with E-state index in [1.54, 1.807) is 0 Å². The molecule has 0 spiro atoms. The summed E-state index contributed by atoms with van der Waals surface area (Å²) in [4.78, 5) is 29.3. The van der Waals surface area contributed by atoms with Crippen molar-refractivity contribution in [1.29, 1.82) is 0 Å². The van der Waals surface area contributed by atoms with Crippen LogP contribution in [-0.2, 0) is 11.3 Å². The van der Waals surface area contributed by atoms with Crippen LogP contribution in [0.5, 0.6) is 0 Å².